The highest BCUT2D eigenvalue weighted by atomic mass is 16.6. The molecule has 2 aromatic carbocycles. The molecule has 1 aromatic heterocycles. The van der Waals surface area contributed by atoms with E-state index in [1.165, 1.54) is 36.3 Å². The van der Waals surface area contributed by atoms with Gasteiger partial charge in [-0.1, -0.05) is 12.1 Å². The number of aromatic nitrogens is 2. The number of nitro benzene ring substituents is 1. The zero-order valence-electron chi connectivity index (χ0n) is 18.4. The number of ether oxygens (including phenoxy) is 1. The van der Waals surface area contributed by atoms with E-state index in [0.717, 1.165) is 0 Å². The molecule has 1 aliphatic rings. The van der Waals surface area contributed by atoms with Crippen molar-refractivity contribution in [3.05, 3.63) is 94.1 Å². The van der Waals surface area contributed by atoms with Crippen molar-refractivity contribution in [1.82, 2.24) is 9.88 Å². The van der Waals surface area contributed by atoms with Crippen LogP contribution in [0.15, 0.2) is 72.8 Å². The fourth-order valence-corrected chi connectivity index (χ4v) is 4.04. The maximum absolute atomic E-state index is 13.1. The second kappa shape index (κ2) is 9.57. The van der Waals surface area contributed by atoms with Crippen molar-refractivity contribution in [3.63, 3.8) is 0 Å². The lowest BCUT2D eigenvalue weighted by Crippen LogP contribution is -2.36. The number of Topliss-reactive ketones (excluding diaryl/α,β-unsaturated/α-hetero) is 1. The van der Waals surface area contributed by atoms with Gasteiger partial charge in [0.15, 0.2) is 0 Å². The molecule has 0 saturated carbocycles. The SMILES string of the molecule is COc1cccc(C(O)=C2C(=O)C(=O)N(CCC[n+]3cc[nH]c3)C2c2ccc([N+](=O)[O-])cc2)c1. The molecule has 10 nitrogen and oxygen atoms in total. The number of H-pyrrole nitrogens is 1. The van der Waals surface area contributed by atoms with Gasteiger partial charge >= 0.3 is 0 Å². The van der Waals surface area contributed by atoms with E-state index in [9.17, 15) is 24.8 Å². The third-order valence-electron chi connectivity index (χ3n) is 5.72. The molecule has 1 atom stereocenters. The molecule has 174 valence electrons. The number of imidazole rings is 1. The lowest BCUT2D eigenvalue weighted by Gasteiger charge is -2.25. The van der Waals surface area contributed by atoms with E-state index in [4.69, 9.17) is 4.74 Å². The van der Waals surface area contributed by atoms with Gasteiger partial charge in [0.25, 0.3) is 17.4 Å². The molecule has 2 heterocycles. The third kappa shape index (κ3) is 4.38. The van der Waals surface area contributed by atoms with Crippen LogP contribution in [0.4, 0.5) is 5.69 Å². The van der Waals surface area contributed by atoms with E-state index >= 15 is 0 Å². The molecule has 0 aliphatic carbocycles. The minimum Gasteiger partial charge on any atom is -0.507 e. The zero-order valence-corrected chi connectivity index (χ0v) is 18.4. The summed E-state index contributed by atoms with van der Waals surface area (Å²) < 4.78 is 7.12. The Balaban J connectivity index is 1.75. The molecule has 1 amide bonds. The number of aliphatic hydroxyl groups excluding tert-OH is 1. The molecule has 4 rings (SSSR count). The third-order valence-corrected chi connectivity index (χ3v) is 5.72. The fraction of sp³-hybridized carbons (Fsp3) is 0.208. The molecule has 0 radical (unpaired) electrons. The molecule has 1 fully saturated rings. The van der Waals surface area contributed by atoms with Gasteiger partial charge in [0.2, 0.25) is 6.33 Å². The number of amides is 1. The topological polar surface area (TPSA) is 130 Å². The van der Waals surface area contributed by atoms with Gasteiger partial charge in [-0.25, -0.2) is 4.57 Å². The molecule has 34 heavy (non-hydrogen) atoms. The van der Waals surface area contributed by atoms with Gasteiger partial charge in [0.05, 0.1) is 30.2 Å². The first-order valence-electron chi connectivity index (χ1n) is 10.6. The Morgan fingerprint density at radius 1 is 1.24 bits per heavy atom. The standard InChI is InChI=1S/C24H22N4O6/c1-34-19-5-2-4-17(14-19)22(29)20-21(16-6-8-18(9-7-16)28(32)33)27(24(31)23(20)30)12-3-11-26-13-10-25-15-26/h2,4-10,13-15,21H,3,11-12H2,1H3,(H,29,30)/p+1. The number of methoxy groups -OCH3 is 1. The van der Waals surface area contributed by atoms with E-state index in [1.807, 2.05) is 10.8 Å². The molecule has 1 aliphatic heterocycles. The summed E-state index contributed by atoms with van der Waals surface area (Å²) >= 11 is 0. The number of rotatable bonds is 8. The Bertz CT molecular complexity index is 1250. The van der Waals surface area contributed by atoms with Crippen molar-refractivity contribution in [2.24, 2.45) is 0 Å². The summed E-state index contributed by atoms with van der Waals surface area (Å²) in [6.07, 6.45) is 5.96. The number of aromatic amines is 1. The Morgan fingerprint density at radius 2 is 2.00 bits per heavy atom. The fourth-order valence-electron chi connectivity index (χ4n) is 4.04. The summed E-state index contributed by atoms with van der Waals surface area (Å²) in [5.74, 6) is -1.39. The van der Waals surface area contributed by atoms with Gasteiger partial charge in [0, 0.05) is 30.7 Å². The van der Waals surface area contributed by atoms with Crippen LogP contribution in [-0.4, -0.2) is 45.3 Å². The van der Waals surface area contributed by atoms with E-state index in [2.05, 4.69) is 4.98 Å². The quantitative estimate of drug-likeness (QED) is 0.132. The number of likely N-dealkylation sites (tertiary alicyclic amines) is 1. The van der Waals surface area contributed by atoms with Crippen molar-refractivity contribution in [2.75, 3.05) is 13.7 Å². The van der Waals surface area contributed by atoms with E-state index in [1.54, 1.807) is 36.8 Å². The number of aliphatic hydroxyl groups is 1. The van der Waals surface area contributed by atoms with Crippen molar-refractivity contribution in [1.29, 1.82) is 0 Å². The van der Waals surface area contributed by atoms with Gasteiger partial charge in [-0.3, -0.25) is 24.7 Å². The molecule has 2 N–H and O–H groups in total. The van der Waals surface area contributed by atoms with Crippen LogP contribution in [0, 0.1) is 10.1 Å². The molecule has 0 bridgehead atoms. The number of nitrogens with one attached hydrogen (secondary N) is 1. The normalized spacial score (nSPS) is 17.2. The first kappa shape index (κ1) is 22.7. The zero-order chi connectivity index (χ0) is 24.2. The van der Waals surface area contributed by atoms with Crippen LogP contribution >= 0.6 is 0 Å². The summed E-state index contributed by atoms with van der Waals surface area (Å²) in [5, 5.41) is 22.2. The highest BCUT2D eigenvalue weighted by Crippen LogP contribution is 2.40. The molecular weight excluding hydrogens is 440 g/mol. The lowest BCUT2D eigenvalue weighted by atomic mass is 9.95. The number of non-ortho nitro benzene ring substituents is 1. The van der Waals surface area contributed by atoms with Crippen LogP contribution < -0.4 is 9.30 Å². The van der Waals surface area contributed by atoms with Gasteiger partial charge in [-0.05, 0) is 29.8 Å². The number of nitrogens with zero attached hydrogens (tertiary/aromatic N) is 3. The molecule has 1 unspecified atom stereocenters. The number of nitro groups is 1. The average molecular weight is 463 g/mol. The van der Waals surface area contributed by atoms with E-state index < -0.39 is 22.7 Å². The van der Waals surface area contributed by atoms with E-state index in [0.29, 0.717) is 29.8 Å². The van der Waals surface area contributed by atoms with Crippen LogP contribution in [0.3, 0.4) is 0 Å². The smallest absolute Gasteiger partial charge is 0.295 e. The number of carbonyl (C=O) groups excluding carboxylic acids is 2. The molecule has 3 aromatic rings. The molecule has 1 saturated heterocycles. The predicted octanol–water partition coefficient (Wildman–Crippen LogP) is 2.73. The van der Waals surface area contributed by atoms with Crippen LogP contribution in [0.5, 0.6) is 5.75 Å². The summed E-state index contributed by atoms with van der Waals surface area (Å²) in [5.41, 5.74) is 0.634. The monoisotopic (exact) mass is 463 g/mol. The number of aryl methyl sites for hydroxylation is 1. The Labute approximate surface area is 194 Å². The van der Waals surface area contributed by atoms with Gasteiger partial charge in [0.1, 0.15) is 23.9 Å². The second-order valence-electron chi connectivity index (χ2n) is 7.78. The van der Waals surface area contributed by atoms with Gasteiger partial charge in [-0.2, -0.15) is 0 Å². The van der Waals surface area contributed by atoms with Crippen molar-refractivity contribution < 1.29 is 28.9 Å². The minimum atomic E-state index is -0.886. The predicted molar refractivity (Wildman–Crippen MR) is 121 cm³/mol. The molecule has 10 heteroatoms. The number of ketones is 1. The molecule has 0 spiro atoms. The first-order valence-corrected chi connectivity index (χ1v) is 10.6. The summed E-state index contributed by atoms with van der Waals surface area (Å²) in [4.78, 5) is 41.0. The number of hydrogen-bond acceptors (Lipinski definition) is 6. The maximum atomic E-state index is 13.1. The molecular formula is C24H23N4O6+. The van der Waals surface area contributed by atoms with E-state index in [-0.39, 0.29) is 23.6 Å². The van der Waals surface area contributed by atoms with Gasteiger partial charge < -0.3 is 14.7 Å². The van der Waals surface area contributed by atoms with Crippen LogP contribution in [0.25, 0.3) is 5.76 Å². The first-order chi connectivity index (χ1) is 16.4. The van der Waals surface area contributed by atoms with Crippen LogP contribution in [-0.2, 0) is 16.1 Å². The number of carbonyl (C=O) groups is 2. The highest BCUT2D eigenvalue weighted by molar-refractivity contribution is 6.46. The summed E-state index contributed by atoms with van der Waals surface area (Å²) in [7, 11) is 1.48. The second-order valence-corrected chi connectivity index (χ2v) is 7.78. The summed E-state index contributed by atoms with van der Waals surface area (Å²) in [6, 6.07) is 11.3. The Kier molecular flexibility index (Phi) is 6.39. The average Bonchev–Trinajstić information content (AvgIpc) is 3.46. The minimum absolute atomic E-state index is 0.0681. The van der Waals surface area contributed by atoms with Crippen molar-refractivity contribution in [2.45, 2.75) is 19.0 Å². The highest BCUT2D eigenvalue weighted by Gasteiger charge is 2.46. The maximum Gasteiger partial charge on any atom is 0.295 e. The Hall–Kier alpha value is -4.47. The Morgan fingerprint density at radius 3 is 2.65 bits per heavy atom. The number of benzene rings is 2. The number of hydrogen-bond donors (Lipinski definition) is 2. The largest absolute Gasteiger partial charge is 0.507 e. The van der Waals surface area contributed by atoms with Gasteiger partial charge in [-0.15, -0.1) is 0 Å². The van der Waals surface area contributed by atoms with Crippen LogP contribution in [0.1, 0.15) is 23.6 Å². The van der Waals surface area contributed by atoms with Crippen molar-refractivity contribution in [3.8, 4) is 5.75 Å². The van der Waals surface area contributed by atoms with Crippen LogP contribution in [0.2, 0.25) is 0 Å². The van der Waals surface area contributed by atoms with Crippen molar-refractivity contribution >= 4 is 23.1 Å². The summed E-state index contributed by atoms with van der Waals surface area (Å²) in [6.45, 7) is 0.856. The lowest BCUT2D eigenvalue weighted by molar-refractivity contribution is -0.695.